The fraction of sp³-hybridized carbons (Fsp3) is 0.423. The Balaban J connectivity index is 1.30. The Morgan fingerprint density at radius 3 is 2.47 bits per heavy atom. The maximum Gasteiger partial charge on any atom is 0.416 e. The first-order valence-electron chi connectivity index (χ1n) is 12.6. The van der Waals surface area contributed by atoms with Crippen molar-refractivity contribution in [1.29, 1.82) is 0 Å². The number of aromatic nitrogens is 3. The summed E-state index contributed by atoms with van der Waals surface area (Å²) in [6.45, 7) is 1.91. The number of nitrogens with one attached hydrogen (secondary N) is 2. The number of anilines is 2. The van der Waals surface area contributed by atoms with Gasteiger partial charge >= 0.3 is 6.18 Å². The molecular weight excluding hydrogens is 517 g/mol. The molecule has 1 saturated carbocycles. The van der Waals surface area contributed by atoms with Gasteiger partial charge in [0, 0.05) is 24.5 Å². The van der Waals surface area contributed by atoms with Crippen molar-refractivity contribution in [3.63, 3.8) is 0 Å². The van der Waals surface area contributed by atoms with Crippen LogP contribution in [0, 0.1) is 0 Å². The van der Waals surface area contributed by atoms with Gasteiger partial charge < -0.3 is 5.32 Å². The van der Waals surface area contributed by atoms with E-state index >= 15 is 0 Å². The molecule has 3 heterocycles. The molecule has 1 aliphatic heterocycles. The van der Waals surface area contributed by atoms with Gasteiger partial charge in [0.05, 0.1) is 5.56 Å². The zero-order valence-corrected chi connectivity index (χ0v) is 21.4. The van der Waals surface area contributed by atoms with Crippen molar-refractivity contribution in [2.75, 3.05) is 23.1 Å². The van der Waals surface area contributed by atoms with E-state index in [1.165, 1.54) is 43.0 Å². The summed E-state index contributed by atoms with van der Waals surface area (Å²) >= 11 is 0. The molecule has 1 aromatic carbocycles. The Kier molecular flexibility index (Phi) is 7.53. The Labute approximate surface area is 219 Å². The summed E-state index contributed by atoms with van der Waals surface area (Å²) in [5, 5.41) is 3.48. The molecule has 1 saturated heterocycles. The molecule has 2 aromatic heterocycles. The minimum absolute atomic E-state index is 0.00556. The molecule has 8 nitrogen and oxygen atoms in total. The highest BCUT2D eigenvalue weighted by Gasteiger charge is 2.37. The minimum Gasteiger partial charge on any atom is -0.366 e. The molecule has 202 valence electrons. The number of alkyl halides is 3. The van der Waals surface area contributed by atoms with Gasteiger partial charge in [0.15, 0.2) is 0 Å². The smallest absolute Gasteiger partial charge is 0.366 e. The van der Waals surface area contributed by atoms with Crippen LogP contribution in [0.3, 0.4) is 0 Å². The molecule has 2 aliphatic rings. The van der Waals surface area contributed by atoms with E-state index in [2.05, 4.69) is 29.9 Å². The molecule has 2 N–H and O–H groups in total. The normalized spacial score (nSPS) is 22.8. The Morgan fingerprint density at radius 2 is 1.79 bits per heavy atom. The molecule has 0 spiro atoms. The second-order valence-electron chi connectivity index (χ2n) is 9.77. The van der Waals surface area contributed by atoms with Crippen LogP contribution in [0.25, 0.3) is 0 Å². The molecule has 3 unspecified atom stereocenters. The highest BCUT2D eigenvalue weighted by atomic mass is 32.2. The lowest BCUT2D eigenvalue weighted by atomic mass is 9.77. The number of sulfonamides is 1. The molecule has 0 amide bonds. The summed E-state index contributed by atoms with van der Waals surface area (Å²) in [7, 11) is -3.86. The van der Waals surface area contributed by atoms with E-state index in [4.69, 9.17) is 0 Å². The number of nitrogens with zero attached hydrogens (tertiary/aromatic N) is 4. The number of hydrogen-bond acceptors (Lipinski definition) is 7. The van der Waals surface area contributed by atoms with Crippen molar-refractivity contribution in [2.45, 2.75) is 61.2 Å². The van der Waals surface area contributed by atoms with Gasteiger partial charge in [0.2, 0.25) is 0 Å². The van der Waals surface area contributed by atoms with Crippen LogP contribution in [0.15, 0.2) is 66.1 Å². The monoisotopic (exact) mass is 546 g/mol. The zero-order chi connectivity index (χ0) is 26.8. The third-order valence-electron chi connectivity index (χ3n) is 7.31. The number of pyridine rings is 1. The van der Waals surface area contributed by atoms with Gasteiger partial charge in [-0.05, 0) is 80.9 Å². The number of hydrogen-bond donors (Lipinski definition) is 2. The molecular formula is C26H29F3N6O2S. The predicted molar refractivity (Wildman–Crippen MR) is 137 cm³/mol. The van der Waals surface area contributed by atoms with Gasteiger partial charge in [-0.2, -0.15) is 13.2 Å². The van der Waals surface area contributed by atoms with Crippen LogP contribution in [-0.2, 0) is 16.2 Å². The number of likely N-dealkylation sites (tertiary alicyclic amines) is 1. The predicted octanol–water partition coefficient (Wildman–Crippen LogP) is 4.90. The van der Waals surface area contributed by atoms with Gasteiger partial charge in [0.1, 0.15) is 22.9 Å². The van der Waals surface area contributed by atoms with E-state index in [-0.39, 0.29) is 28.7 Å². The molecule has 5 rings (SSSR count). The van der Waals surface area contributed by atoms with E-state index in [0.717, 1.165) is 56.8 Å². The van der Waals surface area contributed by atoms with Crippen LogP contribution in [0.5, 0.6) is 0 Å². The second kappa shape index (κ2) is 10.9. The van der Waals surface area contributed by atoms with Crippen molar-refractivity contribution < 1.29 is 21.6 Å². The molecule has 2 fully saturated rings. The first-order valence-corrected chi connectivity index (χ1v) is 14.1. The lowest BCUT2D eigenvalue weighted by Gasteiger charge is -2.42. The van der Waals surface area contributed by atoms with Gasteiger partial charge in [-0.3, -0.25) is 9.62 Å². The summed E-state index contributed by atoms with van der Waals surface area (Å²) in [6, 6.07) is 10.4. The van der Waals surface area contributed by atoms with Crippen molar-refractivity contribution in [1.82, 2.24) is 19.9 Å². The van der Waals surface area contributed by atoms with Crippen LogP contribution >= 0.6 is 0 Å². The quantitative estimate of drug-likeness (QED) is 0.435. The van der Waals surface area contributed by atoms with Crippen LogP contribution in [0.4, 0.5) is 24.8 Å². The lowest BCUT2D eigenvalue weighted by molar-refractivity contribution is -0.137. The maximum atomic E-state index is 13.3. The molecule has 12 heteroatoms. The number of rotatable bonds is 7. The standard InChI is InChI=1S/C26H29F3N6O2S/c27-26(28,29)20-5-3-4-18(14-20)19-6-8-22(23(15-19)35-12-1-2-13-35)33-24-9-7-21(16-31-24)38(36,37)34-25-10-11-30-17-32-25/h3-5,7,9-11,14,16-17,19,22-23H,1-2,6,8,12-13,15H2,(H,31,33)(H,30,32,34). The van der Waals surface area contributed by atoms with Crippen molar-refractivity contribution in [2.24, 2.45) is 0 Å². The molecule has 1 aliphatic carbocycles. The highest BCUT2D eigenvalue weighted by molar-refractivity contribution is 7.92. The third-order valence-corrected chi connectivity index (χ3v) is 8.65. The Morgan fingerprint density at radius 1 is 0.974 bits per heavy atom. The van der Waals surface area contributed by atoms with E-state index < -0.39 is 21.8 Å². The largest absolute Gasteiger partial charge is 0.416 e. The van der Waals surface area contributed by atoms with Crippen LogP contribution in [0.1, 0.15) is 49.1 Å². The van der Waals surface area contributed by atoms with E-state index in [1.54, 1.807) is 12.1 Å². The molecule has 0 radical (unpaired) electrons. The van der Waals surface area contributed by atoms with E-state index in [0.29, 0.717) is 5.82 Å². The average Bonchev–Trinajstić information content (AvgIpc) is 3.44. The SMILES string of the molecule is O=S(=O)(Nc1ccncn1)c1ccc(NC2CCC(c3cccc(C(F)(F)F)c3)CC2N2CCCC2)nc1. The van der Waals surface area contributed by atoms with Crippen LogP contribution < -0.4 is 10.0 Å². The van der Waals surface area contributed by atoms with Gasteiger partial charge in [0.25, 0.3) is 10.0 Å². The summed E-state index contributed by atoms with van der Waals surface area (Å²) < 4.78 is 67.7. The average molecular weight is 547 g/mol. The Hall–Kier alpha value is -3.25. The zero-order valence-electron chi connectivity index (χ0n) is 20.6. The lowest BCUT2D eigenvalue weighted by Crippen LogP contribution is -2.49. The second-order valence-corrected chi connectivity index (χ2v) is 11.5. The van der Waals surface area contributed by atoms with Crippen molar-refractivity contribution in [3.8, 4) is 0 Å². The Bertz CT molecular complexity index is 1330. The van der Waals surface area contributed by atoms with Crippen molar-refractivity contribution in [3.05, 3.63) is 72.3 Å². The molecule has 3 aromatic rings. The first-order chi connectivity index (χ1) is 18.2. The van der Waals surface area contributed by atoms with Gasteiger partial charge in [-0.15, -0.1) is 0 Å². The minimum atomic E-state index is -4.36. The molecule has 38 heavy (non-hydrogen) atoms. The summed E-state index contributed by atoms with van der Waals surface area (Å²) in [4.78, 5) is 14.4. The number of halogens is 3. The van der Waals surface area contributed by atoms with E-state index in [1.807, 2.05) is 0 Å². The van der Waals surface area contributed by atoms with Gasteiger partial charge in [-0.1, -0.05) is 18.2 Å². The topological polar surface area (TPSA) is 100 Å². The third kappa shape index (κ3) is 6.07. The highest BCUT2D eigenvalue weighted by Crippen LogP contribution is 2.39. The fourth-order valence-electron chi connectivity index (χ4n) is 5.43. The van der Waals surface area contributed by atoms with Gasteiger partial charge in [-0.25, -0.2) is 23.4 Å². The molecule has 0 bridgehead atoms. The van der Waals surface area contributed by atoms with Crippen LogP contribution in [-0.4, -0.2) is 53.4 Å². The summed E-state index contributed by atoms with van der Waals surface area (Å²) in [6.07, 6.45) is 4.08. The first kappa shape index (κ1) is 26.4. The van der Waals surface area contributed by atoms with E-state index in [9.17, 15) is 21.6 Å². The maximum absolute atomic E-state index is 13.3. The number of benzene rings is 1. The molecule has 3 atom stereocenters. The fourth-order valence-corrected chi connectivity index (χ4v) is 6.38. The van der Waals surface area contributed by atoms with Crippen LogP contribution in [0.2, 0.25) is 0 Å². The summed E-state index contributed by atoms with van der Waals surface area (Å²) in [5.74, 6) is 0.750. The summed E-state index contributed by atoms with van der Waals surface area (Å²) in [5.41, 5.74) is 0.118. The van der Waals surface area contributed by atoms with Crippen molar-refractivity contribution >= 4 is 21.7 Å².